The molecule has 0 atom stereocenters. The molecule has 1 heterocycles. The number of rotatable bonds is 1. The molecular formula is C8H10F3NO3. The summed E-state index contributed by atoms with van der Waals surface area (Å²) in [6, 6.07) is 0. The van der Waals surface area contributed by atoms with Crippen LogP contribution >= 0.6 is 0 Å². The molecule has 1 aliphatic rings. The minimum atomic E-state index is -5.11. The fourth-order valence-corrected chi connectivity index (χ4v) is 1.29. The van der Waals surface area contributed by atoms with Crippen molar-refractivity contribution in [1.82, 2.24) is 5.32 Å². The molecule has 1 saturated heterocycles. The Hall–Kier alpha value is -1.11. The van der Waals surface area contributed by atoms with Crippen LogP contribution in [-0.2, 0) is 14.3 Å². The summed E-state index contributed by atoms with van der Waals surface area (Å²) in [6.45, 7) is 1.08. The van der Waals surface area contributed by atoms with E-state index in [0.29, 0.717) is 25.9 Å². The summed E-state index contributed by atoms with van der Waals surface area (Å²) in [5.74, 6) is -4.14. The van der Waals surface area contributed by atoms with E-state index in [1.165, 1.54) is 0 Å². The maximum atomic E-state index is 11.7. The molecule has 86 valence electrons. The normalized spacial score (nSPS) is 18.6. The molecule has 0 aromatic rings. The van der Waals surface area contributed by atoms with Gasteiger partial charge in [0.05, 0.1) is 5.92 Å². The van der Waals surface area contributed by atoms with Crippen LogP contribution in [0, 0.1) is 5.92 Å². The lowest BCUT2D eigenvalue weighted by Gasteiger charge is -2.20. The van der Waals surface area contributed by atoms with Crippen molar-refractivity contribution in [3.05, 3.63) is 0 Å². The van der Waals surface area contributed by atoms with Gasteiger partial charge in [0.15, 0.2) is 0 Å². The highest BCUT2D eigenvalue weighted by molar-refractivity contribution is 5.89. The summed E-state index contributed by atoms with van der Waals surface area (Å²) >= 11 is 0. The van der Waals surface area contributed by atoms with Crippen LogP contribution in [0.25, 0.3) is 0 Å². The summed E-state index contributed by atoms with van der Waals surface area (Å²) in [5, 5.41) is 2.94. The molecule has 1 fully saturated rings. The Morgan fingerprint density at radius 1 is 1.20 bits per heavy atom. The van der Waals surface area contributed by atoms with E-state index in [0.717, 1.165) is 0 Å². The van der Waals surface area contributed by atoms with E-state index in [9.17, 15) is 22.8 Å². The predicted molar refractivity (Wildman–Crippen MR) is 42.7 cm³/mol. The van der Waals surface area contributed by atoms with Crippen molar-refractivity contribution in [2.75, 3.05) is 13.1 Å². The number of halogens is 3. The molecule has 0 aromatic heterocycles. The number of piperidine rings is 1. The highest BCUT2D eigenvalue weighted by Gasteiger charge is 2.43. The maximum Gasteiger partial charge on any atom is 0.491 e. The zero-order chi connectivity index (χ0) is 11.5. The second-order valence-corrected chi connectivity index (χ2v) is 3.23. The number of carbonyl (C=O) groups is 2. The molecule has 15 heavy (non-hydrogen) atoms. The molecule has 0 saturated carbocycles. The Bertz CT molecular complexity index is 258. The first kappa shape index (κ1) is 12.0. The van der Waals surface area contributed by atoms with E-state index < -0.39 is 24.0 Å². The van der Waals surface area contributed by atoms with Crippen molar-refractivity contribution in [2.24, 2.45) is 5.92 Å². The SMILES string of the molecule is O=C(OC(=O)C(F)(F)F)C1CCNCC1. The number of alkyl halides is 3. The number of nitrogens with one attached hydrogen (secondary N) is 1. The highest BCUT2D eigenvalue weighted by Crippen LogP contribution is 2.19. The standard InChI is InChI=1S/C8H10F3NO3/c9-8(10,11)7(14)15-6(13)5-1-3-12-4-2-5/h5,12H,1-4H2. The van der Waals surface area contributed by atoms with Crippen LogP contribution in [0.3, 0.4) is 0 Å². The van der Waals surface area contributed by atoms with E-state index in [4.69, 9.17) is 0 Å². The summed E-state index contributed by atoms with van der Waals surface area (Å²) in [5.41, 5.74) is 0. The van der Waals surface area contributed by atoms with E-state index >= 15 is 0 Å². The monoisotopic (exact) mass is 225 g/mol. The average Bonchev–Trinajstić information content (AvgIpc) is 2.17. The van der Waals surface area contributed by atoms with Gasteiger partial charge in [-0.15, -0.1) is 0 Å². The lowest BCUT2D eigenvalue weighted by Crippen LogP contribution is -2.36. The Balaban J connectivity index is 2.44. The Kier molecular flexibility index (Phi) is 3.67. The second-order valence-electron chi connectivity index (χ2n) is 3.23. The minimum Gasteiger partial charge on any atom is -0.386 e. The molecule has 1 N–H and O–H groups in total. The molecule has 0 aromatic carbocycles. The Morgan fingerprint density at radius 3 is 2.20 bits per heavy atom. The number of hydrogen-bond donors (Lipinski definition) is 1. The number of carbonyl (C=O) groups excluding carboxylic acids is 2. The van der Waals surface area contributed by atoms with Gasteiger partial charge in [-0.2, -0.15) is 13.2 Å². The molecule has 1 rings (SSSR count). The molecule has 0 unspecified atom stereocenters. The van der Waals surface area contributed by atoms with E-state index in [1.54, 1.807) is 0 Å². The van der Waals surface area contributed by atoms with Gasteiger partial charge in [0.25, 0.3) is 0 Å². The quantitative estimate of drug-likeness (QED) is 0.525. The van der Waals surface area contributed by atoms with Crippen LogP contribution in [0.4, 0.5) is 13.2 Å². The van der Waals surface area contributed by atoms with Crippen LogP contribution in [0.5, 0.6) is 0 Å². The van der Waals surface area contributed by atoms with Crippen molar-refractivity contribution in [2.45, 2.75) is 19.0 Å². The molecule has 0 amide bonds. The molecular weight excluding hydrogens is 215 g/mol. The lowest BCUT2D eigenvalue weighted by atomic mass is 9.99. The average molecular weight is 225 g/mol. The largest absolute Gasteiger partial charge is 0.491 e. The zero-order valence-electron chi connectivity index (χ0n) is 7.76. The fraction of sp³-hybridized carbons (Fsp3) is 0.750. The molecule has 0 aliphatic carbocycles. The van der Waals surface area contributed by atoms with Crippen molar-refractivity contribution in [3.8, 4) is 0 Å². The summed E-state index contributed by atoms with van der Waals surface area (Å²) in [6.07, 6.45) is -4.32. The van der Waals surface area contributed by atoms with Gasteiger partial charge in [0.2, 0.25) is 0 Å². The highest BCUT2D eigenvalue weighted by atomic mass is 19.4. The number of esters is 2. The minimum absolute atomic E-state index is 0.393. The molecule has 0 spiro atoms. The van der Waals surface area contributed by atoms with Crippen LogP contribution in [0.2, 0.25) is 0 Å². The molecule has 7 heteroatoms. The third-order valence-corrected chi connectivity index (χ3v) is 2.10. The van der Waals surface area contributed by atoms with Gasteiger partial charge in [-0.1, -0.05) is 0 Å². The summed E-state index contributed by atoms with van der Waals surface area (Å²) in [7, 11) is 0. The van der Waals surface area contributed by atoms with Gasteiger partial charge < -0.3 is 10.1 Å². The molecule has 1 aliphatic heterocycles. The topological polar surface area (TPSA) is 55.4 Å². The van der Waals surface area contributed by atoms with E-state index in [1.807, 2.05) is 0 Å². The smallest absolute Gasteiger partial charge is 0.386 e. The van der Waals surface area contributed by atoms with Gasteiger partial charge in [0.1, 0.15) is 0 Å². The lowest BCUT2D eigenvalue weighted by molar-refractivity contribution is -0.203. The molecule has 0 bridgehead atoms. The van der Waals surface area contributed by atoms with Crippen LogP contribution in [0.1, 0.15) is 12.8 Å². The van der Waals surface area contributed by atoms with Crippen molar-refractivity contribution in [1.29, 1.82) is 0 Å². The van der Waals surface area contributed by atoms with E-state index in [2.05, 4.69) is 10.1 Å². The third-order valence-electron chi connectivity index (χ3n) is 2.10. The predicted octanol–water partition coefficient (Wildman–Crippen LogP) is 0.618. The third kappa shape index (κ3) is 3.50. The Labute approximate surface area is 83.8 Å². The van der Waals surface area contributed by atoms with Crippen LogP contribution in [0.15, 0.2) is 0 Å². The van der Waals surface area contributed by atoms with Gasteiger partial charge in [0, 0.05) is 0 Å². The van der Waals surface area contributed by atoms with Crippen LogP contribution < -0.4 is 5.32 Å². The summed E-state index contributed by atoms with van der Waals surface area (Å²) < 4.78 is 38.9. The number of hydrogen-bond acceptors (Lipinski definition) is 4. The fourth-order valence-electron chi connectivity index (χ4n) is 1.29. The maximum absolute atomic E-state index is 11.7. The molecule has 4 nitrogen and oxygen atoms in total. The van der Waals surface area contributed by atoms with Crippen molar-refractivity contribution >= 4 is 11.9 Å². The van der Waals surface area contributed by atoms with Crippen LogP contribution in [-0.4, -0.2) is 31.2 Å². The van der Waals surface area contributed by atoms with Crippen molar-refractivity contribution < 1.29 is 27.5 Å². The summed E-state index contributed by atoms with van der Waals surface area (Å²) in [4.78, 5) is 21.4. The van der Waals surface area contributed by atoms with Crippen molar-refractivity contribution in [3.63, 3.8) is 0 Å². The van der Waals surface area contributed by atoms with Gasteiger partial charge >= 0.3 is 18.1 Å². The molecule has 0 radical (unpaired) electrons. The van der Waals surface area contributed by atoms with E-state index in [-0.39, 0.29) is 0 Å². The Morgan fingerprint density at radius 2 is 1.73 bits per heavy atom. The van der Waals surface area contributed by atoms with Gasteiger partial charge in [-0.25, -0.2) is 4.79 Å². The first-order chi connectivity index (χ1) is 6.91. The second kappa shape index (κ2) is 4.61. The first-order valence-electron chi connectivity index (χ1n) is 4.45. The van der Waals surface area contributed by atoms with Gasteiger partial charge in [-0.05, 0) is 25.9 Å². The van der Waals surface area contributed by atoms with Gasteiger partial charge in [-0.3, -0.25) is 4.79 Å². The first-order valence-corrected chi connectivity index (χ1v) is 4.45. The number of ether oxygens (including phenoxy) is 1. The zero-order valence-corrected chi connectivity index (χ0v) is 7.76.